The van der Waals surface area contributed by atoms with Crippen molar-refractivity contribution in [1.29, 1.82) is 0 Å². The Morgan fingerprint density at radius 3 is 2.08 bits per heavy atom. The van der Waals surface area contributed by atoms with E-state index in [2.05, 4.69) is 20.8 Å². The van der Waals surface area contributed by atoms with Crippen LogP contribution in [0, 0.1) is 52.3 Å². The molecular weight excluding hydrogens is 832 g/mol. The van der Waals surface area contributed by atoms with E-state index >= 15 is 0 Å². The smallest absolute Gasteiger partial charge is 0.187 e. The molecule has 4 heterocycles. The lowest BCUT2D eigenvalue weighted by Gasteiger charge is -2.62. The van der Waals surface area contributed by atoms with E-state index in [0.29, 0.717) is 43.4 Å². The van der Waals surface area contributed by atoms with Crippen molar-refractivity contribution >= 4 is 0 Å². The molecule has 0 aromatic rings. The molecule has 19 nitrogen and oxygen atoms in total. The van der Waals surface area contributed by atoms with E-state index < -0.39 is 117 Å². The molecule has 0 unspecified atom stereocenters. The third kappa shape index (κ3) is 8.69. The number of ether oxygens (including phenoxy) is 7. The van der Waals surface area contributed by atoms with Gasteiger partial charge in [0.15, 0.2) is 24.7 Å². The van der Waals surface area contributed by atoms with Gasteiger partial charge >= 0.3 is 0 Å². The predicted molar refractivity (Wildman–Crippen MR) is 214 cm³/mol. The first-order valence-electron chi connectivity index (χ1n) is 23.3. The molecule has 8 rings (SSSR count). The summed E-state index contributed by atoms with van der Waals surface area (Å²) in [6.45, 7) is 7.67. The van der Waals surface area contributed by atoms with Crippen LogP contribution in [0.4, 0.5) is 0 Å². The minimum atomic E-state index is -1.66. The second-order valence-electron chi connectivity index (χ2n) is 21.2. The molecule has 19 heteroatoms. The first-order valence-corrected chi connectivity index (χ1v) is 23.3. The standard InChI is InChI=1S/C44H74O19/c1-18(15-57-40-37(54)34(51)32(49)28(14-45)61-40)7-10-44(56)19(2)30-27(63-44)12-23-21-6-5-20-11-26(24(46)13-43(20,4)22(21)8-9-42(23,30)3)60-41-38(55)35(52)33(50)29(62-41)17-59-39-36(53)31(48)25(47)16-58-39/h18-41,45-56H,5-17H2,1-4H3/t18-,19+,20-,21+,22-,23-,24+,25+,26+,27+,28+,29+,30+,31-,32+,33+,34-,35-,36+,37+,38+,39-,40+,41+,42+,43+,44+/m1/s1. The molecule has 4 saturated carbocycles. The molecule has 364 valence electrons. The van der Waals surface area contributed by atoms with Gasteiger partial charge in [0.1, 0.15) is 67.1 Å². The van der Waals surface area contributed by atoms with Gasteiger partial charge in [-0.15, -0.1) is 0 Å². The number of aliphatic hydroxyl groups excluding tert-OH is 11. The van der Waals surface area contributed by atoms with Crippen molar-refractivity contribution < 1.29 is 94.4 Å². The Hall–Kier alpha value is -0.760. The summed E-state index contributed by atoms with van der Waals surface area (Å²) >= 11 is 0. The predicted octanol–water partition coefficient (Wildman–Crippen LogP) is -2.17. The highest BCUT2D eigenvalue weighted by atomic mass is 16.7. The van der Waals surface area contributed by atoms with Crippen molar-refractivity contribution in [3.05, 3.63) is 0 Å². The van der Waals surface area contributed by atoms with Gasteiger partial charge in [0.05, 0.1) is 44.7 Å². The van der Waals surface area contributed by atoms with Crippen LogP contribution < -0.4 is 0 Å². The SMILES string of the molecule is C[C@H](CC[C@]1(O)O[C@H]2C[C@@H]3[C@H]4CC[C@@H]5C[C@H](O[C@H]6O[C@@H](CO[C@H]7OC[C@H](O)[C@@H](O)[C@@H]7O)[C@H](O)[C@@H](O)[C@@H]6O)[C@@H](O)C[C@]5(C)[C@@H]4CC[C@]3(C)[C@H]2[C@@H]1C)CO[C@H]1O[C@@H](CO)[C@H](O)[C@@H](O)[C@@H]1O. The highest BCUT2D eigenvalue weighted by molar-refractivity contribution is 5.15. The quantitative estimate of drug-likeness (QED) is 0.0928. The van der Waals surface area contributed by atoms with E-state index in [-0.39, 0.29) is 53.8 Å². The second-order valence-corrected chi connectivity index (χ2v) is 21.2. The van der Waals surface area contributed by atoms with Crippen LogP contribution in [-0.4, -0.2) is 198 Å². The summed E-state index contributed by atoms with van der Waals surface area (Å²) in [6.07, 6.45) is -14.9. The van der Waals surface area contributed by atoms with Gasteiger partial charge in [0.25, 0.3) is 0 Å². The molecule has 4 saturated heterocycles. The molecule has 63 heavy (non-hydrogen) atoms. The lowest BCUT2D eigenvalue weighted by atomic mass is 9.44. The van der Waals surface area contributed by atoms with Crippen molar-refractivity contribution in [1.82, 2.24) is 0 Å². The Kier molecular flexibility index (Phi) is 14.4. The largest absolute Gasteiger partial charge is 0.394 e. The van der Waals surface area contributed by atoms with Crippen molar-refractivity contribution in [2.24, 2.45) is 52.3 Å². The Labute approximate surface area is 368 Å². The summed E-state index contributed by atoms with van der Waals surface area (Å²) in [5.74, 6) is 0.0396. The van der Waals surface area contributed by atoms with Crippen LogP contribution in [0.1, 0.15) is 85.5 Å². The third-order valence-electron chi connectivity index (χ3n) is 17.6. The van der Waals surface area contributed by atoms with Crippen LogP contribution in [0.15, 0.2) is 0 Å². The summed E-state index contributed by atoms with van der Waals surface area (Å²) < 4.78 is 40.9. The fourth-order valence-electron chi connectivity index (χ4n) is 13.8. The first kappa shape index (κ1) is 48.7. The number of aliphatic hydroxyl groups is 12. The zero-order valence-electron chi connectivity index (χ0n) is 36.8. The molecule has 0 amide bonds. The molecule has 0 spiro atoms. The van der Waals surface area contributed by atoms with E-state index in [1.165, 1.54) is 0 Å². The Morgan fingerprint density at radius 1 is 0.698 bits per heavy atom. The zero-order valence-corrected chi connectivity index (χ0v) is 36.8. The van der Waals surface area contributed by atoms with Gasteiger partial charge in [-0.25, -0.2) is 0 Å². The molecule has 0 radical (unpaired) electrons. The van der Waals surface area contributed by atoms with Crippen LogP contribution in [0.25, 0.3) is 0 Å². The van der Waals surface area contributed by atoms with Gasteiger partial charge in [-0.1, -0.05) is 27.7 Å². The molecule has 0 bridgehead atoms. The number of hydrogen-bond acceptors (Lipinski definition) is 19. The lowest BCUT2D eigenvalue weighted by molar-refractivity contribution is -0.336. The minimum absolute atomic E-state index is 0.0436. The zero-order chi connectivity index (χ0) is 45.5. The molecule has 12 N–H and O–H groups in total. The maximum absolute atomic E-state index is 12.0. The monoisotopic (exact) mass is 906 g/mol. The van der Waals surface area contributed by atoms with E-state index in [4.69, 9.17) is 33.2 Å². The van der Waals surface area contributed by atoms with E-state index in [1.807, 2.05) is 6.92 Å². The fraction of sp³-hybridized carbons (Fsp3) is 1.00. The molecule has 4 aliphatic carbocycles. The number of rotatable bonds is 12. The van der Waals surface area contributed by atoms with Gasteiger partial charge in [-0.3, -0.25) is 0 Å². The van der Waals surface area contributed by atoms with Crippen molar-refractivity contribution in [2.45, 2.75) is 196 Å². The van der Waals surface area contributed by atoms with E-state index in [0.717, 1.165) is 32.1 Å². The number of hydrogen-bond donors (Lipinski definition) is 12. The molecular formula is C44H74O19. The van der Waals surface area contributed by atoms with Crippen molar-refractivity contribution in [3.63, 3.8) is 0 Å². The third-order valence-corrected chi connectivity index (χ3v) is 17.6. The average molecular weight is 907 g/mol. The van der Waals surface area contributed by atoms with Crippen LogP contribution in [-0.2, 0) is 33.2 Å². The maximum atomic E-state index is 12.0. The Bertz CT molecular complexity index is 1550. The fourth-order valence-corrected chi connectivity index (χ4v) is 13.8. The topological polar surface area (TPSA) is 307 Å². The van der Waals surface area contributed by atoms with Gasteiger partial charge < -0.3 is 94.4 Å². The highest BCUT2D eigenvalue weighted by Crippen LogP contribution is 2.71. The van der Waals surface area contributed by atoms with Crippen LogP contribution in [0.2, 0.25) is 0 Å². The second kappa shape index (κ2) is 18.6. The van der Waals surface area contributed by atoms with Gasteiger partial charge in [-0.2, -0.15) is 0 Å². The highest BCUT2D eigenvalue weighted by Gasteiger charge is 2.69. The maximum Gasteiger partial charge on any atom is 0.187 e. The Morgan fingerprint density at radius 2 is 1.37 bits per heavy atom. The molecule has 4 aliphatic heterocycles. The normalized spacial score (nSPS) is 56.3. The van der Waals surface area contributed by atoms with Crippen molar-refractivity contribution in [3.8, 4) is 0 Å². The van der Waals surface area contributed by atoms with E-state index in [9.17, 15) is 61.3 Å². The van der Waals surface area contributed by atoms with E-state index in [1.54, 1.807) is 0 Å². The average Bonchev–Trinajstić information content (AvgIpc) is 3.69. The van der Waals surface area contributed by atoms with Crippen LogP contribution in [0.3, 0.4) is 0 Å². The summed E-state index contributed by atoms with van der Waals surface area (Å²) in [7, 11) is 0. The van der Waals surface area contributed by atoms with Crippen LogP contribution in [0.5, 0.6) is 0 Å². The van der Waals surface area contributed by atoms with Crippen LogP contribution >= 0.6 is 0 Å². The minimum Gasteiger partial charge on any atom is -0.394 e. The summed E-state index contributed by atoms with van der Waals surface area (Å²) in [6, 6.07) is 0. The molecule has 27 atom stereocenters. The summed E-state index contributed by atoms with van der Waals surface area (Å²) in [4.78, 5) is 0. The molecule has 0 aromatic heterocycles. The molecule has 8 aliphatic rings. The summed E-state index contributed by atoms with van der Waals surface area (Å²) in [5.41, 5.74) is -0.225. The van der Waals surface area contributed by atoms with Gasteiger partial charge in [0, 0.05) is 12.3 Å². The first-order chi connectivity index (χ1) is 29.7. The lowest BCUT2D eigenvalue weighted by Crippen LogP contribution is -2.62. The van der Waals surface area contributed by atoms with Gasteiger partial charge in [0.2, 0.25) is 0 Å². The molecule has 0 aromatic carbocycles. The van der Waals surface area contributed by atoms with Crippen molar-refractivity contribution in [2.75, 3.05) is 26.4 Å². The summed E-state index contributed by atoms with van der Waals surface area (Å²) in [5, 5.41) is 126. The molecule has 8 fully saturated rings. The van der Waals surface area contributed by atoms with Gasteiger partial charge in [-0.05, 0) is 97.7 Å². The number of fused-ring (bicyclic) bond motifs is 7. The Balaban J connectivity index is 0.848.